The summed E-state index contributed by atoms with van der Waals surface area (Å²) in [6.45, 7) is 2.20. The summed E-state index contributed by atoms with van der Waals surface area (Å²) in [5.74, 6) is -0.00337. The zero-order valence-electron chi connectivity index (χ0n) is 11.9. The molecule has 0 unspecified atom stereocenters. The molecule has 3 rings (SSSR count). The number of nitrogens with zero attached hydrogens (tertiary/aromatic N) is 1. The highest BCUT2D eigenvalue weighted by atomic mass is 19.1. The molecule has 0 amide bonds. The Morgan fingerprint density at radius 1 is 1.19 bits per heavy atom. The van der Waals surface area contributed by atoms with Gasteiger partial charge in [0.2, 0.25) is 0 Å². The van der Waals surface area contributed by atoms with Crippen molar-refractivity contribution in [1.82, 2.24) is 0 Å². The van der Waals surface area contributed by atoms with Crippen molar-refractivity contribution in [3.8, 4) is 5.75 Å². The zero-order chi connectivity index (χ0) is 14.7. The molecule has 0 fully saturated rings. The Labute approximate surface area is 124 Å². The lowest BCUT2D eigenvalue weighted by molar-refractivity contribution is 0.306. The molecule has 1 aliphatic rings. The van der Waals surface area contributed by atoms with E-state index in [1.165, 1.54) is 17.3 Å². The van der Waals surface area contributed by atoms with Crippen molar-refractivity contribution in [3.63, 3.8) is 0 Å². The average Bonchev–Trinajstić information content (AvgIpc) is 2.49. The summed E-state index contributed by atoms with van der Waals surface area (Å²) in [6, 6.07) is 12.5. The molecule has 1 aliphatic heterocycles. The molecule has 0 spiro atoms. The second-order valence-electron chi connectivity index (χ2n) is 5.26. The average molecular weight is 286 g/mol. The van der Waals surface area contributed by atoms with Crippen LogP contribution in [0.15, 0.2) is 42.5 Å². The Morgan fingerprint density at radius 2 is 2.05 bits per heavy atom. The summed E-state index contributed by atoms with van der Waals surface area (Å²) in [4.78, 5) is 2.28. The Kier molecular flexibility index (Phi) is 3.95. The molecular formula is C17H19FN2O. The summed E-state index contributed by atoms with van der Waals surface area (Å²) in [5.41, 5.74) is 9.14. The summed E-state index contributed by atoms with van der Waals surface area (Å²) < 4.78 is 19.0. The molecular weight excluding hydrogens is 267 g/mol. The van der Waals surface area contributed by atoms with Gasteiger partial charge in [-0.15, -0.1) is 0 Å². The normalized spacial score (nSPS) is 13.9. The van der Waals surface area contributed by atoms with E-state index in [1.54, 1.807) is 18.2 Å². The molecule has 4 heteroatoms. The third-order valence-electron chi connectivity index (χ3n) is 3.77. The van der Waals surface area contributed by atoms with Gasteiger partial charge in [-0.1, -0.05) is 12.1 Å². The van der Waals surface area contributed by atoms with Crippen LogP contribution in [0.1, 0.15) is 12.0 Å². The lowest BCUT2D eigenvalue weighted by Crippen LogP contribution is -2.33. The number of nitrogens with two attached hydrogens (primary N) is 1. The number of fused-ring (bicyclic) bond motifs is 1. The molecule has 0 bridgehead atoms. The molecule has 0 saturated heterocycles. The topological polar surface area (TPSA) is 38.5 Å². The number of ether oxygens (including phenoxy) is 1. The van der Waals surface area contributed by atoms with Crippen LogP contribution in [0.3, 0.4) is 0 Å². The van der Waals surface area contributed by atoms with E-state index in [9.17, 15) is 4.39 Å². The number of anilines is 2. The van der Waals surface area contributed by atoms with Crippen LogP contribution in [0.5, 0.6) is 5.75 Å². The van der Waals surface area contributed by atoms with Gasteiger partial charge in [-0.05, 0) is 48.7 Å². The van der Waals surface area contributed by atoms with E-state index in [0.717, 1.165) is 31.6 Å². The molecule has 1 heterocycles. The van der Waals surface area contributed by atoms with Crippen molar-refractivity contribution >= 4 is 11.4 Å². The van der Waals surface area contributed by atoms with E-state index in [1.807, 2.05) is 12.1 Å². The monoisotopic (exact) mass is 286 g/mol. The second kappa shape index (κ2) is 6.04. The van der Waals surface area contributed by atoms with Crippen LogP contribution in [0.25, 0.3) is 0 Å². The van der Waals surface area contributed by atoms with Crippen LogP contribution in [0.4, 0.5) is 15.8 Å². The zero-order valence-corrected chi connectivity index (χ0v) is 11.9. The van der Waals surface area contributed by atoms with Crippen molar-refractivity contribution in [2.75, 3.05) is 30.3 Å². The predicted octanol–water partition coefficient (Wildman–Crippen LogP) is 3.24. The van der Waals surface area contributed by atoms with Crippen LogP contribution in [0, 0.1) is 5.82 Å². The van der Waals surface area contributed by atoms with Gasteiger partial charge < -0.3 is 15.4 Å². The minimum atomic E-state index is -0.315. The first kappa shape index (κ1) is 13.7. The highest BCUT2D eigenvalue weighted by molar-refractivity contribution is 5.61. The molecule has 2 aromatic rings. The van der Waals surface area contributed by atoms with Gasteiger partial charge in [0.05, 0.1) is 6.54 Å². The van der Waals surface area contributed by atoms with Gasteiger partial charge in [-0.2, -0.15) is 0 Å². The molecule has 3 nitrogen and oxygen atoms in total. The van der Waals surface area contributed by atoms with Gasteiger partial charge in [0.15, 0.2) is 11.6 Å². The first-order chi connectivity index (χ1) is 10.2. The molecule has 21 heavy (non-hydrogen) atoms. The molecule has 0 aliphatic carbocycles. The molecule has 0 radical (unpaired) electrons. The number of rotatable bonds is 4. The SMILES string of the molecule is Nc1ccc2c(c1)CCCN2CCOc1ccccc1F. The van der Waals surface area contributed by atoms with Crippen molar-refractivity contribution in [2.45, 2.75) is 12.8 Å². The second-order valence-corrected chi connectivity index (χ2v) is 5.26. The smallest absolute Gasteiger partial charge is 0.165 e. The number of nitrogen functional groups attached to an aromatic ring is 1. The summed E-state index contributed by atoms with van der Waals surface area (Å²) in [5, 5.41) is 0. The summed E-state index contributed by atoms with van der Waals surface area (Å²) >= 11 is 0. The third kappa shape index (κ3) is 3.10. The minimum Gasteiger partial charge on any atom is -0.489 e. The van der Waals surface area contributed by atoms with Gasteiger partial charge in [0.1, 0.15) is 6.61 Å². The van der Waals surface area contributed by atoms with E-state index in [2.05, 4.69) is 11.0 Å². The molecule has 2 N–H and O–H groups in total. The summed E-state index contributed by atoms with van der Waals surface area (Å²) in [6.07, 6.45) is 2.17. The molecule has 0 aromatic heterocycles. The minimum absolute atomic E-state index is 0.312. The Hall–Kier alpha value is -2.23. The van der Waals surface area contributed by atoms with Crippen LogP contribution < -0.4 is 15.4 Å². The maximum atomic E-state index is 13.5. The fourth-order valence-electron chi connectivity index (χ4n) is 2.75. The maximum Gasteiger partial charge on any atom is 0.165 e. The van der Waals surface area contributed by atoms with Crippen LogP contribution in [0.2, 0.25) is 0 Å². The summed E-state index contributed by atoms with van der Waals surface area (Å²) in [7, 11) is 0. The van der Waals surface area contributed by atoms with Crippen LogP contribution in [-0.4, -0.2) is 19.7 Å². The molecule has 0 atom stereocenters. The quantitative estimate of drug-likeness (QED) is 0.877. The fourth-order valence-corrected chi connectivity index (χ4v) is 2.75. The lowest BCUT2D eigenvalue weighted by Gasteiger charge is -2.31. The highest BCUT2D eigenvalue weighted by Gasteiger charge is 2.16. The Morgan fingerprint density at radius 3 is 2.90 bits per heavy atom. The van der Waals surface area contributed by atoms with Crippen molar-refractivity contribution in [2.24, 2.45) is 0 Å². The van der Waals surface area contributed by atoms with E-state index in [0.29, 0.717) is 12.4 Å². The Bertz CT molecular complexity index is 630. The van der Waals surface area contributed by atoms with Gasteiger partial charge in [0.25, 0.3) is 0 Å². The number of aryl methyl sites for hydroxylation is 1. The number of halogens is 1. The predicted molar refractivity (Wildman–Crippen MR) is 83.3 cm³/mol. The molecule has 0 saturated carbocycles. The number of hydrogen-bond acceptors (Lipinski definition) is 3. The molecule has 2 aromatic carbocycles. The van der Waals surface area contributed by atoms with Crippen molar-refractivity contribution < 1.29 is 9.13 Å². The van der Waals surface area contributed by atoms with E-state index in [4.69, 9.17) is 10.5 Å². The van der Waals surface area contributed by atoms with Gasteiger partial charge >= 0.3 is 0 Å². The van der Waals surface area contributed by atoms with E-state index >= 15 is 0 Å². The van der Waals surface area contributed by atoms with E-state index in [-0.39, 0.29) is 5.82 Å². The largest absolute Gasteiger partial charge is 0.489 e. The van der Waals surface area contributed by atoms with Gasteiger partial charge in [-0.3, -0.25) is 0 Å². The lowest BCUT2D eigenvalue weighted by atomic mass is 10.0. The van der Waals surface area contributed by atoms with Crippen LogP contribution in [-0.2, 0) is 6.42 Å². The van der Waals surface area contributed by atoms with Gasteiger partial charge in [0, 0.05) is 17.9 Å². The maximum absolute atomic E-state index is 13.5. The fraction of sp³-hybridized carbons (Fsp3) is 0.294. The van der Waals surface area contributed by atoms with Crippen molar-refractivity contribution in [1.29, 1.82) is 0 Å². The number of para-hydroxylation sites is 1. The first-order valence-corrected chi connectivity index (χ1v) is 7.25. The van der Waals surface area contributed by atoms with E-state index < -0.39 is 0 Å². The highest BCUT2D eigenvalue weighted by Crippen LogP contribution is 2.28. The Balaban J connectivity index is 1.63. The van der Waals surface area contributed by atoms with Gasteiger partial charge in [-0.25, -0.2) is 4.39 Å². The van der Waals surface area contributed by atoms with Crippen LogP contribution >= 0.6 is 0 Å². The standard InChI is InChI=1S/C17H19FN2O/c18-15-5-1-2-6-17(15)21-11-10-20-9-3-4-13-12-14(19)7-8-16(13)20/h1-2,5-8,12H,3-4,9-11,19H2. The number of benzene rings is 2. The molecule has 110 valence electrons. The van der Waals surface area contributed by atoms with Crippen molar-refractivity contribution in [3.05, 3.63) is 53.8 Å². The first-order valence-electron chi connectivity index (χ1n) is 7.25. The third-order valence-corrected chi connectivity index (χ3v) is 3.77. The number of hydrogen-bond donors (Lipinski definition) is 1.